The SMILES string of the molecule is CN(CC(=O)Nc1ccccc1Cl)C(=O)CCNC(=O)c1cc(F)ccc1Br. The lowest BCUT2D eigenvalue weighted by atomic mass is 10.2. The lowest BCUT2D eigenvalue weighted by Gasteiger charge is -2.17. The molecule has 2 N–H and O–H groups in total. The Morgan fingerprint density at radius 3 is 2.61 bits per heavy atom. The Hall–Kier alpha value is -2.45. The summed E-state index contributed by atoms with van der Waals surface area (Å²) in [6, 6.07) is 10.5. The van der Waals surface area contributed by atoms with Crippen LogP contribution in [0.25, 0.3) is 0 Å². The van der Waals surface area contributed by atoms with E-state index in [1.807, 2.05) is 0 Å². The number of nitrogens with one attached hydrogen (secondary N) is 2. The number of carbonyl (C=O) groups excluding carboxylic acids is 3. The van der Waals surface area contributed by atoms with Crippen LogP contribution in [0.15, 0.2) is 46.9 Å². The summed E-state index contributed by atoms with van der Waals surface area (Å²) in [5, 5.41) is 5.58. The van der Waals surface area contributed by atoms with Gasteiger partial charge >= 0.3 is 0 Å². The number of hydrogen-bond donors (Lipinski definition) is 2. The number of likely N-dealkylation sites (N-methyl/N-ethyl adjacent to an activating group) is 1. The van der Waals surface area contributed by atoms with Gasteiger partial charge in [0.05, 0.1) is 22.8 Å². The molecule has 0 spiro atoms. The maximum Gasteiger partial charge on any atom is 0.252 e. The predicted octanol–water partition coefficient (Wildman–Crippen LogP) is 3.46. The quantitative estimate of drug-likeness (QED) is 0.650. The van der Waals surface area contributed by atoms with E-state index in [0.29, 0.717) is 15.2 Å². The Bertz CT molecular complexity index is 894. The number of para-hydroxylation sites is 1. The van der Waals surface area contributed by atoms with Crippen molar-refractivity contribution in [1.82, 2.24) is 10.2 Å². The molecule has 148 valence electrons. The van der Waals surface area contributed by atoms with E-state index in [-0.39, 0.29) is 31.0 Å². The first-order chi connectivity index (χ1) is 13.3. The number of rotatable bonds is 7. The van der Waals surface area contributed by atoms with Gasteiger partial charge in [0, 0.05) is 24.5 Å². The Balaban J connectivity index is 1.79. The fourth-order valence-electron chi connectivity index (χ4n) is 2.30. The fourth-order valence-corrected chi connectivity index (χ4v) is 2.91. The largest absolute Gasteiger partial charge is 0.351 e. The van der Waals surface area contributed by atoms with Crippen molar-refractivity contribution in [2.24, 2.45) is 0 Å². The first-order valence-electron chi connectivity index (χ1n) is 8.29. The second-order valence-corrected chi connectivity index (χ2v) is 7.17. The van der Waals surface area contributed by atoms with E-state index >= 15 is 0 Å². The molecule has 0 aliphatic carbocycles. The Kier molecular flexibility index (Phi) is 7.95. The Morgan fingerprint density at radius 2 is 1.89 bits per heavy atom. The van der Waals surface area contributed by atoms with E-state index in [2.05, 4.69) is 26.6 Å². The van der Waals surface area contributed by atoms with Crippen LogP contribution in [-0.2, 0) is 9.59 Å². The topological polar surface area (TPSA) is 78.5 Å². The van der Waals surface area contributed by atoms with Gasteiger partial charge < -0.3 is 15.5 Å². The normalized spacial score (nSPS) is 10.3. The van der Waals surface area contributed by atoms with Gasteiger partial charge in [-0.15, -0.1) is 0 Å². The zero-order valence-electron chi connectivity index (χ0n) is 15.0. The van der Waals surface area contributed by atoms with Gasteiger partial charge in [0.15, 0.2) is 0 Å². The van der Waals surface area contributed by atoms with Gasteiger partial charge in [0.2, 0.25) is 11.8 Å². The molecular formula is C19H18BrClFN3O3. The number of benzene rings is 2. The van der Waals surface area contributed by atoms with Crippen LogP contribution in [-0.4, -0.2) is 42.8 Å². The molecule has 0 bridgehead atoms. The molecule has 0 radical (unpaired) electrons. The van der Waals surface area contributed by atoms with Crippen LogP contribution in [0, 0.1) is 5.82 Å². The summed E-state index contributed by atoms with van der Waals surface area (Å²) in [6.45, 7) is -0.107. The van der Waals surface area contributed by atoms with Gasteiger partial charge in [-0.1, -0.05) is 23.7 Å². The number of anilines is 1. The van der Waals surface area contributed by atoms with Crippen molar-refractivity contribution in [3.8, 4) is 0 Å². The third-order valence-corrected chi connectivity index (χ3v) is 4.77. The van der Waals surface area contributed by atoms with Gasteiger partial charge in [0.1, 0.15) is 5.82 Å². The highest BCUT2D eigenvalue weighted by Crippen LogP contribution is 2.20. The van der Waals surface area contributed by atoms with E-state index in [1.165, 1.54) is 24.1 Å². The number of hydrogen-bond acceptors (Lipinski definition) is 3. The van der Waals surface area contributed by atoms with Crippen molar-refractivity contribution in [2.45, 2.75) is 6.42 Å². The molecule has 9 heteroatoms. The van der Waals surface area contributed by atoms with Gasteiger partial charge in [-0.05, 0) is 46.3 Å². The molecular weight excluding hydrogens is 453 g/mol. The number of carbonyl (C=O) groups is 3. The zero-order chi connectivity index (χ0) is 20.7. The highest BCUT2D eigenvalue weighted by molar-refractivity contribution is 9.10. The highest BCUT2D eigenvalue weighted by atomic mass is 79.9. The van der Waals surface area contributed by atoms with Crippen LogP contribution in [0.1, 0.15) is 16.8 Å². The molecule has 0 aromatic heterocycles. The van der Waals surface area contributed by atoms with E-state index < -0.39 is 17.6 Å². The van der Waals surface area contributed by atoms with E-state index in [0.717, 1.165) is 6.07 Å². The molecule has 28 heavy (non-hydrogen) atoms. The fraction of sp³-hybridized carbons (Fsp3) is 0.211. The molecule has 2 rings (SSSR count). The molecule has 0 saturated heterocycles. The van der Waals surface area contributed by atoms with Crippen molar-refractivity contribution >= 4 is 50.9 Å². The minimum atomic E-state index is -0.534. The minimum Gasteiger partial charge on any atom is -0.351 e. The number of amides is 3. The summed E-state index contributed by atoms with van der Waals surface area (Å²) in [6.07, 6.45) is -0.00541. The second-order valence-electron chi connectivity index (χ2n) is 5.91. The van der Waals surface area contributed by atoms with Crippen LogP contribution >= 0.6 is 27.5 Å². The van der Waals surface area contributed by atoms with Crippen LogP contribution in [0.4, 0.5) is 10.1 Å². The van der Waals surface area contributed by atoms with Crippen molar-refractivity contribution in [2.75, 3.05) is 25.5 Å². The minimum absolute atomic E-state index is 0.00541. The lowest BCUT2D eigenvalue weighted by Crippen LogP contribution is -2.37. The van der Waals surface area contributed by atoms with E-state index in [9.17, 15) is 18.8 Å². The van der Waals surface area contributed by atoms with Gasteiger partial charge in [-0.25, -0.2) is 4.39 Å². The molecule has 0 unspecified atom stereocenters. The van der Waals surface area contributed by atoms with Gasteiger partial charge in [-0.3, -0.25) is 14.4 Å². The maximum atomic E-state index is 13.3. The average Bonchev–Trinajstić information content (AvgIpc) is 2.65. The highest BCUT2D eigenvalue weighted by Gasteiger charge is 2.15. The second kappa shape index (κ2) is 10.2. The van der Waals surface area contributed by atoms with Gasteiger partial charge in [-0.2, -0.15) is 0 Å². The standard InChI is InChI=1S/C19H18BrClFN3O3/c1-25(11-17(26)24-16-5-3-2-4-15(16)21)18(27)8-9-23-19(28)13-10-12(22)6-7-14(13)20/h2-7,10H,8-9,11H2,1H3,(H,23,28)(H,24,26). The summed E-state index contributed by atoms with van der Waals surface area (Å²) < 4.78 is 13.7. The van der Waals surface area contributed by atoms with Crippen molar-refractivity contribution in [3.05, 3.63) is 63.3 Å². The average molecular weight is 471 g/mol. The molecule has 0 fully saturated rings. The Morgan fingerprint density at radius 1 is 1.18 bits per heavy atom. The van der Waals surface area contributed by atoms with E-state index in [4.69, 9.17) is 11.6 Å². The first kappa shape index (κ1) is 21.8. The first-order valence-corrected chi connectivity index (χ1v) is 9.46. The lowest BCUT2D eigenvalue weighted by molar-refractivity contribution is -0.133. The molecule has 0 heterocycles. The van der Waals surface area contributed by atoms with Crippen LogP contribution in [0.2, 0.25) is 5.02 Å². The van der Waals surface area contributed by atoms with E-state index in [1.54, 1.807) is 24.3 Å². The van der Waals surface area contributed by atoms with Crippen molar-refractivity contribution in [1.29, 1.82) is 0 Å². The summed E-state index contributed by atoms with van der Waals surface area (Å²) in [7, 11) is 1.49. The predicted molar refractivity (Wildman–Crippen MR) is 109 cm³/mol. The maximum absolute atomic E-state index is 13.3. The third-order valence-electron chi connectivity index (χ3n) is 3.75. The third kappa shape index (κ3) is 6.31. The van der Waals surface area contributed by atoms with Crippen LogP contribution in [0.3, 0.4) is 0 Å². The summed E-state index contributed by atoms with van der Waals surface area (Å²) in [5.41, 5.74) is 0.600. The molecule has 3 amide bonds. The van der Waals surface area contributed by atoms with Gasteiger partial charge in [0.25, 0.3) is 5.91 Å². The van der Waals surface area contributed by atoms with Crippen molar-refractivity contribution in [3.63, 3.8) is 0 Å². The Labute approximate surface area is 175 Å². The molecule has 2 aromatic carbocycles. The van der Waals surface area contributed by atoms with Crippen molar-refractivity contribution < 1.29 is 18.8 Å². The molecule has 0 atom stereocenters. The smallest absolute Gasteiger partial charge is 0.252 e. The number of nitrogens with zero attached hydrogens (tertiary/aromatic N) is 1. The molecule has 6 nitrogen and oxygen atoms in total. The van der Waals surface area contributed by atoms with Crippen LogP contribution < -0.4 is 10.6 Å². The summed E-state index contributed by atoms with van der Waals surface area (Å²) in [5.74, 6) is -1.75. The van der Waals surface area contributed by atoms with Crippen LogP contribution in [0.5, 0.6) is 0 Å². The molecule has 0 saturated carbocycles. The molecule has 0 aliphatic rings. The summed E-state index contributed by atoms with van der Waals surface area (Å²) in [4.78, 5) is 37.5. The number of halogens is 3. The molecule has 0 aliphatic heterocycles. The molecule has 2 aromatic rings. The summed E-state index contributed by atoms with van der Waals surface area (Å²) >= 11 is 9.15. The zero-order valence-corrected chi connectivity index (χ0v) is 17.3. The monoisotopic (exact) mass is 469 g/mol.